The quantitative estimate of drug-likeness (QED) is 0.802. The van der Waals surface area contributed by atoms with Crippen LogP contribution in [0.1, 0.15) is 5.76 Å². The van der Waals surface area contributed by atoms with Crippen LogP contribution in [0.2, 0.25) is 0 Å². The summed E-state index contributed by atoms with van der Waals surface area (Å²) < 4.78 is 9.95. The molecule has 3 amide bonds. The van der Waals surface area contributed by atoms with E-state index < -0.39 is 0 Å². The van der Waals surface area contributed by atoms with Crippen molar-refractivity contribution in [1.29, 1.82) is 0 Å². The lowest BCUT2D eigenvalue weighted by atomic mass is 10.4. The molecule has 0 aliphatic carbocycles. The molecule has 0 saturated carbocycles. The Morgan fingerprint density at radius 1 is 1.42 bits per heavy atom. The third-order valence-electron chi connectivity index (χ3n) is 2.59. The van der Waals surface area contributed by atoms with Gasteiger partial charge in [0.15, 0.2) is 5.82 Å². The van der Waals surface area contributed by atoms with E-state index in [9.17, 15) is 9.59 Å². The van der Waals surface area contributed by atoms with Crippen molar-refractivity contribution < 1.29 is 18.8 Å². The standard InChI is InChI=1S/C11H16N4O4/c1-8-6-9(14-19-8)13-10(16)7-12-11(17)15-2-4-18-5-3-15/h6H,2-5,7H2,1H3,(H,12,17)(H,13,14,16). The number of rotatable bonds is 3. The lowest BCUT2D eigenvalue weighted by molar-refractivity contribution is -0.115. The normalized spacial score (nSPS) is 15.1. The Kier molecular flexibility index (Phi) is 4.35. The van der Waals surface area contributed by atoms with E-state index in [2.05, 4.69) is 15.8 Å². The minimum Gasteiger partial charge on any atom is -0.378 e. The predicted molar refractivity (Wildman–Crippen MR) is 65.7 cm³/mol. The van der Waals surface area contributed by atoms with Crippen LogP contribution >= 0.6 is 0 Å². The number of carbonyl (C=O) groups excluding carboxylic acids is 2. The van der Waals surface area contributed by atoms with Crippen LogP contribution < -0.4 is 10.6 Å². The largest absolute Gasteiger partial charge is 0.378 e. The molecule has 2 rings (SSSR count). The predicted octanol–water partition coefficient (Wildman–Crippen LogP) is -0.0367. The molecule has 8 nitrogen and oxygen atoms in total. The summed E-state index contributed by atoms with van der Waals surface area (Å²) in [6.45, 7) is 3.74. The van der Waals surface area contributed by atoms with Gasteiger partial charge in [0.1, 0.15) is 5.76 Å². The molecule has 1 saturated heterocycles. The van der Waals surface area contributed by atoms with Crippen molar-refractivity contribution in [2.75, 3.05) is 38.2 Å². The highest BCUT2D eigenvalue weighted by atomic mass is 16.5. The van der Waals surface area contributed by atoms with E-state index in [-0.39, 0.29) is 18.5 Å². The van der Waals surface area contributed by atoms with Crippen LogP contribution in [-0.4, -0.2) is 54.8 Å². The summed E-state index contributed by atoms with van der Waals surface area (Å²) in [7, 11) is 0. The molecule has 0 spiro atoms. The highest BCUT2D eigenvalue weighted by Crippen LogP contribution is 2.06. The molecule has 1 aliphatic rings. The molecule has 2 N–H and O–H groups in total. The van der Waals surface area contributed by atoms with Gasteiger partial charge in [0.05, 0.1) is 19.8 Å². The molecule has 8 heteroatoms. The highest BCUT2D eigenvalue weighted by molar-refractivity contribution is 5.93. The third kappa shape index (κ3) is 3.95. The number of aromatic nitrogens is 1. The summed E-state index contributed by atoms with van der Waals surface area (Å²) in [5.41, 5.74) is 0. The molecule has 0 radical (unpaired) electrons. The topological polar surface area (TPSA) is 96.7 Å². The molecule has 1 aliphatic heterocycles. The molecule has 0 unspecified atom stereocenters. The maximum Gasteiger partial charge on any atom is 0.317 e. The number of urea groups is 1. The average Bonchev–Trinajstić information content (AvgIpc) is 2.82. The second-order valence-electron chi connectivity index (χ2n) is 4.13. The molecule has 1 aromatic rings. The maximum atomic E-state index is 11.7. The fourth-order valence-corrected chi connectivity index (χ4v) is 1.65. The van der Waals surface area contributed by atoms with E-state index in [1.54, 1.807) is 17.9 Å². The molecule has 0 atom stereocenters. The summed E-state index contributed by atoms with van der Waals surface area (Å²) in [6, 6.07) is 1.33. The number of ether oxygens (including phenoxy) is 1. The second-order valence-corrected chi connectivity index (χ2v) is 4.13. The third-order valence-corrected chi connectivity index (χ3v) is 2.59. The fraction of sp³-hybridized carbons (Fsp3) is 0.545. The number of hydrogen-bond donors (Lipinski definition) is 2. The van der Waals surface area contributed by atoms with Gasteiger partial charge in [-0.1, -0.05) is 5.16 Å². The van der Waals surface area contributed by atoms with Gasteiger partial charge in [-0.2, -0.15) is 0 Å². The number of nitrogens with zero attached hydrogens (tertiary/aromatic N) is 2. The molecule has 2 heterocycles. The van der Waals surface area contributed by atoms with Gasteiger partial charge >= 0.3 is 6.03 Å². The van der Waals surface area contributed by atoms with Crippen LogP contribution in [0.5, 0.6) is 0 Å². The second kappa shape index (κ2) is 6.19. The van der Waals surface area contributed by atoms with E-state index in [0.717, 1.165) is 0 Å². The number of hydrogen-bond acceptors (Lipinski definition) is 5. The Morgan fingerprint density at radius 2 is 2.16 bits per heavy atom. The zero-order chi connectivity index (χ0) is 13.7. The number of nitrogens with one attached hydrogen (secondary N) is 2. The summed E-state index contributed by atoms with van der Waals surface area (Å²) in [5.74, 6) is 0.589. The van der Waals surface area contributed by atoms with E-state index in [4.69, 9.17) is 9.26 Å². The molecule has 1 fully saturated rings. The van der Waals surface area contributed by atoms with Crippen molar-refractivity contribution in [3.8, 4) is 0 Å². The van der Waals surface area contributed by atoms with Gasteiger partial charge in [-0.3, -0.25) is 4.79 Å². The Bertz CT molecular complexity index is 453. The molecular weight excluding hydrogens is 252 g/mol. The van der Waals surface area contributed by atoms with Crippen molar-refractivity contribution >= 4 is 17.8 Å². The van der Waals surface area contributed by atoms with E-state index in [1.807, 2.05) is 0 Å². The van der Waals surface area contributed by atoms with Gasteiger partial charge in [-0.25, -0.2) is 4.79 Å². The van der Waals surface area contributed by atoms with E-state index in [0.29, 0.717) is 37.9 Å². The van der Waals surface area contributed by atoms with Gasteiger partial charge in [-0.05, 0) is 6.92 Å². The first-order chi connectivity index (χ1) is 9.15. The van der Waals surface area contributed by atoms with Crippen LogP contribution in [0.4, 0.5) is 10.6 Å². The lowest BCUT2D eigenvalue weighted by Gasteiger charge is -2.26. The number of carbonyl (C=O) groups is 2. The van der Waals surface area contributed by atoms with Crippen molar-refractivity contribution in [3.05, 3.63) is 11.8 Å². The molecule has 0 aromatic carbocycles. The van der Waals surface area contributed by atoms with Crippen molar-refractivity contribution in [1.82, 2.24) is 15.4 Å². The molecular formula is C11H16N4O4. The maximum absolute atomic E-state index is 11.7. The summed E-state index contributed by atoms with van der Waals surface area (Å²) in [6.07, 6.45) is 0. The molecule has 1 aromatic heterocycles. The zero-order valence-electron chi connectivity index (χ0n) is 10.6. The summed E-state index contributed by atoms with van der Waals surface area (Å²) in [5, 5.41) is 8.69. The first-order valence-corrected chi connectivity index (χ1v) is 5.99. The van der Waals surface area contributed by atoms with Crippen molar-refractivity contribution in [3.63, 3.8) is 0 Å². The molecule has 0 bridgehead atoms. The van der Waals surface area contributed by atoms with Crippen LogP contribution in [0.25, 0.3) is 0 Å². The minimum absolute atomic E-state index is 0.109. The van der Waals surface area contributed by atoms with Gasteiger partial charge in [0.2, 0.25) is 5.91 Å². The first-order valence-electron chi connectivity index (χ1n) is 5.99. The number of anilines is 1. The van der Waals surface area contributed by atoms with E-state index in [1.165, 1.54) is 0 Å². The monoisotopic (exact) mass is 268 g/mol. The van der Waals surface area contributed by atoms with Gasteiger partial charge in [0, 0.05) is 19.2 Å². The molecule has 104 valence electrons. The fourth-order valence-electron chi connectivity index (χ4n) is 1.65. The lowest BCUT2D eigenvalue weighted by Crippen LogP contribution is -2.47. The van der Waals surface area contributed by atoms with Crippen LogP contribution in [-0.2, 0) is 9.53 Å². The SMILES string of the molecule is Cc1cc(NC(=O)CNC(=O)N2CCOCC2)no1. The summed E-state index contributed by atoms with van der Waals surface area (Å²) in [4.78, 5) is 24.9. The highest BCUT2D eigenvalue weighted by Gasteiger charge is 2.17. The van der Waals surface area contributed by atoms with Crippen LogP contribution in [0, 0.1) is 6.92 Å². The molecule has 19 heavy (non-hydrogen) atoms. The summed E-state index contributed by atoms with van der Waals surface area (Å²) >= 11 is 0. The van der Waals surface area contributed by atoms with Crippen LogP contribution in [0.15, 0.2) is 10.6 Å². The first kappa shape index (κ1) is 13.3. The number of morpholine rings is 1. The van der Waals surface area contributed by atoms with Crippen LogP contribution in [0.3, 0.4) is 0 Å². The van der Waals surface area contributed by atoms with Gasteiger partial charge in [-0.15, -0.1) is 0 Å². The average molecular weight is 268 g/mol. The van der Waals surface area contributed by atoms with Crippen molar-refractivity contribution in [2.24, 2.45) is 0 Å². The number of aryl methyl sites for hydroxylation is 1. The smallest absolute Gasteiger partial charge is 0.317 e. The Labute approximate surface area is 110 Å². The van der Waals surface area contributed by atoms with Crippen molar-refractivity contribution in [2.45, 2.75) is 6.92 Å². The van der Waals surface area contributed by atoms with Gasteiger partial charge < -0.3 is 24.8 Å². The minimum atomic E-state index is -0.352. The Morgan fingerprint density at radius 3 is 2.79 bits per heavy atom. The van der Waals surface area contributed by atoms with E-state index >= 15 is 0 Å². The number of amides is 3. The Hall–Kier alpha value is -2.09. The van der Waals surface area contributed by atoms with Gasteiger partial charge in [0.25, 0.3) is 0 Å². The zero-order valence-corrected chi connectivity index (χ0v) is 10.6. The Balaban J connectivity index is 1.72.